The highest BCUT2D eigenvalue weighted by Gasteiger charge is 2.13. The molecule has 7 heteroatoms. The number of methoxy groups -OCH3 is 1. The summed E-state index contributed by atoms with van der Waals surface area (Å²) in [5.74, 6) is 0.480. The number of ether oxygens (including phenoxy) is 2. The highest BCUT2D eigenvalue weighted by atomic mass is 79.9. The number of halogens is 1. The van der Waals surface area contributed by atoms with Crippen LogP contribution in [0.3, 0.4) is 0 Å². The summed E-state index contributed by atoms with van der Waals surface area (Å²) in [5, 5.41) is 0. The molecule has 0 spiro atoms. The average Bonchev–Trinajstić information content (AvgIpc) is 2.99. The van der Waals surface area contributed by atoms with Crippen molar-refractivity contribution in [3.63, 3.8) is 0 Å². The van der Waals surface area contributed by atoms with Crippen LogP contribution in [0.25, 0.3) is 10.2 Å². The van der Waals surface area contributed by atoms with Crippen LogP contribution in [-0.2, 0) is 11.3 Å². The number of rotatable bonds is 6. The van der Waals surface area contributed by atoms with Crippen molar-refractivity contribution >= 4 is 43.4 Å². The molecule has 3 rings (SSSR count). The van der Waals surface area contributed by atoms with Crippen LogP contribution >= 0.6 is 27.3 Å². The summed E-state index contributed by atoms with van der Waals surface area (Å²) < 4.78 is 14.9. The van der Waals surface area contributed by atoms with Gasteiger partial charge < -0.3 is 14.0 Å². The van der Waals surface area contributed by atoms with Crippen molar-refractivity contribution in [3.8, 4) is 5.75 Å². The van der Waals surface area contributed by atoms with E-state index < -0.39 is 0 Å². The number of hydrogen-bond donors (Lipinski definition) is 0. The number of benzene rings is 2. The molecule has 26 heavy (non-hydrogen) atoms. The first-order valence-electron chi connectivity index (χ1n) is 8.22. The normalized spacial score (nSPS) is 11.9. The molecule has 0 saturated carbocycles. The fourth-order valence-corrected chi connectivity index (χ4v) is 4.10. The predicted molar refractivity (Wildman–Crippen MR) is 107 cm³/mol. The minimum Gasteiger partial charge on any atom is -0.495 e. The Labute approximate surface area is 164 Å². The summed E-state index contributed by atoms with van der Waals surface area (Å²) >= 11 is 4.86. The number of carbonyl (C=O) groups is 1. The fourth-order valence-electron chi connectivity index (χ4n) is 2.63. The van der Waals surface area contributed by atoms with Crippen LogP contribution in [0.1, 0.15) is 17.3 Å². The zero-order valence-corrected chi connectivity index (χ0v) is 17.0. The Bertz CT molecular complexity index is 994. The molecule has 1 aromatic heterocycles. The van der Waals surface area contributed by atoms with Crippen molar-refractivity contribution in [1.29, 1.82) is 0 Å². The number of aromatic nitrogens is 1. The molecule has 0 aliphatic carbocycles. The van der Waals surface area contributed by atoms with Crippen molar-refractivity contribution in [2.24, 2.45) is 4.99 Å². The van der Waals surface area contributed by atoms with Crippen molar-refractivity contribution in [1.82, 2.24) is 4.57 Å². The SMILES string of the molecule is CCOCCn1c(=NC(=O)c2cccc(Br)c2)sc2cccc(OC)c21. The second-order valence-corrected chi connectivity index (χ2v) is 7.39. The number of thiazole rings is 1. The van der Waals surface area contributed by atoms with E-state index in [-0.39, 0.29) is 5.91 Å². The van der Waals surface area contributed by atoms with Gasteiger partial charge in [-0.05, 0) is 37.3 Å². The largest absolute Gasteiger partial charge is 0.495 e. The van der Waals surface area contributed by atoms with Crippen LogP contribution in [0.2, 0.25) is 0 Å². The lowest BCUT2D eigenvalue weighted by Gasteiger charge is -2.08. The summed E-state index contributed by atoms with van der Waals surface area (Å²) in [6.07, 6.45) is 0. The molecule has 0 atom stereocenters. The molecule has 0 fully saturated rings. The van der Waals surface area contributed by atoms with Gasteiger partial charge in [0.05, 0.1) is 18.4 Å². The fraction of sp³-hybridized carbons (Fsp3) is 0.263. The first kappa shape index (κ1) is 18.8. The lowest BCUT2D eigenvalue weighted by Crippen LogP contribution is -2.20. The second-order valence-electron chi connectivity index (χ2n) is 5.47. The van der Waals surface area contributed by atoms with Gasteiger partial charge in [0.2, 0.25) is 0 Å². The topological polar surface area (TPSA) is 52.8 Å². The first-order chi connectivity index (χ1) is 12.6. The molecule has 0 aliphatic heterocycles. The van der Waals surface area contributed by atoms with E-state index in [1.54, 1.807) is 19.2 Å². The monoisotopic (exact) mass is 434 g/mol. The molecule has 1 heterocycles. The number of nitrogens with zero attached hydrogens (tertiary/aromatic N) is 2. The summed E-state index contributed by atoms with van der Waals surface area (Å²) in [6.45, 7) is 3.74. The summed E-state index contributed by atoms with van der Waals surface area (Å²) in [4.78, 5) is 17.6. The van der Waals surface area contributed by atoms with Crippen LogP contribution < -0.4 is 9.54 Å². The highest BCUT2D eigenvalue weighted by molar-refractivity contribution is 9.10. The predicted octanol–water partition coefficient (Wildman–Crippen LogP) is 4.25. The number of fused-ring (bicyclic) bond motifs is 1. The smallest absolute Gasteiger partial charge is 0.279 e. The van der Waals surface area contributed by atoms with E-state index in [1.165, 1.54) is 11.3 Å². The van der Waals surface area contributed by atoms with Crippen LogP contribution in [0, 0.1) is 0 Å². The molecular formula is C19H19BrN2O3S. The standard InChI is InChI=1S/C19H19BrN2O3S/c1-3-25-11-10-22-17-15(24-2)8-5-9-16(17)26-19(22)21-18(23)13-6-4-7-14(20)12-13/h4-9,12H,3,10-11H2,1-2H3. The number of amides is 1. The van der Waals surface area contributed by atoms with E-state index in [2.05, 4.69) is 20.9 Å². The molecule has 0 N–H and O–H groups in total. The van der Waals surface area contributed by atoms with Gasteiger partial charge in [-0.15, -0.1) is 0 Å². The van der Waals surface area contributed by atoms with E-state index in [9.17, 15) is 4.79 Å². The molecule has 0 unspecified atom stereocenters. The molecule has 3 aromatic rings. The Kier molecular flexibility index (Phi) is 6.24. The molecule has 5 nitrogen and oxygen atoms in total. The van der Waals surface area contributed by atoms with Crippen molar-refractivity contribution in [2.45, 2.75) is 13.5 Å². The Hall–Kier alpha value is -1.96. The molecule has 136 valence electrons. The lowest BCUT2D eigenvalue weighted by molar-refractivity contribution is 0.0996. The van der Waals surface area contributed by atoms with Crippen LogP contribution in [0.15, 0.2) is 51.9 Å². The van der Waals surface area contributed by atoms with Gasteiger partial charge in [0, 0.05) is 23.2 Å². The Balaban J connectivity index is 2.11. The third-order valence-corrected chi connectivity index (χ3v) is 5.35. The maximum atomic E-state index is 12.6. The van der Waals surface area contributed by atoms with Gasteiger partial charge in [-0.1, -0.05) is 39.4 Å². The van der Waals surface area contributed by atoms with E-state index >= 15 is 0 Å². The maximum absolute atomic E-state index is 12.6. The van der Waals surface area contributed by atoms with Gasteiger partial charge in [0.1, 0.15) is 11.3 Å². The van der Waals surface area contributed by atoms with Gasteiger partial charge in [-0.2, -0.15) is 4.99 Å². The van der Waals surface area contributed by atoms with Gasteiger partial charge in [-0.25, -0.2) is 0 Å². The third-order valence-electron chi connectivity index (χ3n) is 3.82. The van der Waals surface area contributed by atoms with Crippen LogP contribution in [0.5, 0.6) is 5.75 Å². The first-order valence-corrected chi connectivity index (χ1v) is 9.83. The molecule has 0 saturated heterocycles. The van der Waals surface area contributed by atoms with Gasteiger partial charge in [-0.3, -0.25) is 4.79 Å². The Morgan fingerprint density at radius 1 is 1.27 bits per heavy atom. The number of para-hydroxylation sites is 1. The Morgan fingerprint density at radius 3 is 2.81 bits per heavy atom. The average molecular weight is 435 g/mol. The van der Waals surface area contributed by atoms with Crippen molar-refractivity contribution < 1.29 is 14.3 Å². The third kappa shape index (κ3) is 4.06. The number of hydrogen-bond acceptors (Lipinski definition) is 4. The lowest BCUT2D eigenvalue weighted by atomic mass is 10.2. The quantitative estimate of drug-likeness (QED) is 0.544. The van der Waals surface area contributed by atoms with Crippen molar-refractivity contribution in [2.75, 3.05) is 20.3 Å². The minimum absolute atomic E-state index is 0.276. The van der Waals surface area contributed by atoms with Gasteiger partial charge in [0.25, 0.3) is 5.91 Å². The zero-order chi connectivity index (χ0) is 18.5. The van der Waals surface area contributed by atoms with Crippen LogP contribution in [-0.4, -0.2) is 30.8 Å². The summed E-state index contributed by atoms with van der Waals surface area (Å²) in [5.41, 5.74) is 1.47. The van der Waals surface area contributed by atoms with E-state index in [0.717, 1.165) is 20.4 Å². The maximum Gasteiger partial charge on any atom is 0.279 e. The van der Waals surface area contributed by atoms with Crippen LogP contribution in [0.4, 0.5) is 0 Å². The summed E-state index contributed by atoms with van der Waals surface area (Å²) in [6, 6.07) is 13.1. The second kappa shape index (κ2) is 8.62. The molecule has 0 aliphatic rings. The van der Waals surface area contributed by atoms with Crippen molar-refractivity contribution in [3.05, 3.63) is 57.3 Å². The Morgan fingerprint density at radius 2 is 2.08 bits per heavy atom. The number of carbonyl (C=O) groups excluding carboxylic acids is 1. The highest BCUT2D eigenvalue weighted by Crippen LogP contribution is 2.27. The molecule has 2 aromatic carbocycles. The van der Waals surface area contributed by atoms with E-state index in [4.69, 9.17) is 9.47 Å². The molecule has 0 radical (unpaired) electrons. The van der Waals surface area contributed by atoms with Gasteiger partial charge >= 0.3 is 0 Å². The summed E-state index contributed by atoms with van der Waals surface area (Å²) in [7, 11) is 1.64. The van der Waals surface area contributed by atoms with E-state index in [1.807, 2.05) is 41.8 Å². The van der Waals surface area contributed by atoms with Gasteiger partial charge in [0.15, 0.2) is 4.80 Å². The molecule has 1 amide bonds. The minimum atomic E-state index is -0.276. The van der Waals surface area contributed by atoms with E-state index in [0.29, 0.717) is 30.1 Å². The zero-order valence-electron chi connectivity index (χ0n) is 14.6. The molecule has 0 bridgehead atoms. The molecular weight excluding hydrogens is 416 g/mol.